The molecule has 14 heavy (non-hydrogen) atoms. The molecule has 0 bridgehead atoms. The van der Waals surface area contributed by atoms with Gasteiger partial charge in [0.1, 0.15) is 0 Å². The lowest BCUT2D eigenvalue weighted by molar-refractivity contribution is 0.518. The lowest BCUT2D eigenvalue weighted by atomic mass is 9.99. The molecule has 0 radical (unpaired) electrons. The van der Waals surface area contributed by atoms with E-state index in [4.69, 9.17) is 0 Å². The number of alkyl halides is 2. The largest absolute Gasteiger partial charge is 0.0865 e. The van der Waals surface area contributed by atoms with E-state index in [9.17, 15) is 0 Å². The van der Waals surface area contributed by atoms with Crippen LogP contribution < -0.4 is 0 Å². The molecule has 0 spiro atoms. The van der Waals surface area contributed by atoms with E-state index in [1.54, 1.807) is 0 Å². The molecule has 0 heterocycles. The third-order valence-electron chi connectivity index (χ3n) is 3.18. The second-order valence-electron chi connectivity index (χ2n) is 4.43. The van der Waals surface area contributed by atoms with E-state index in [-0.39, 0.29) is 3.23 Å². The van der Waals surface area contributed by atoms with Crippen LogP contribution in [-0.4, -0.2) is 3.23 Å². The van der Waals surface area contributed by atoms with Crippen molar-refractivity contribution in [2.75, 3.05) is 0 Å². The van der Waals surface area contributed by atoms with Crippen molar-refractivity contribution in [1.29, 1.82) is 0 Å². The van der Waals surface area contributed by atoms with Crippen LogP contribution in [0.1, 0.15) is 25.3 Å². The van der Waals surface area contributed by atoms with Crippen molar-refractivity contribution in [3.8, 4) is 0 Å². The van der Waals surface area contributed by atoms with Gasteiger partial charge in [-0.05, 0) is 30.2 Å². The summed E-state index contributed by atoms with van der Waals surface area (Å²) in [6, 6.07) is 10.7. The summed E-state index contributed by atoms with van der Waals surface area (Å²) in [6.45, 7) is 2.33. The molecule has 2 heteroatoms. The van der Waals surface area contributed by atoms with Crippen molar-refractivity contribution in [3.63, 3.8) is 0 Å². The van der Waals surface area contributed by atoms with Gasteiger partial charge >= 0.3 is 0 Å². The van der Waals surface area contributed by atoms with Gasteiger partial charge in [-0.25, -0.2) is 0 Å². The van der Waals surface area contributed by atoms with Gasteiger partial charge < -0.3 is 0 Å². The third-order valence-corrected chi connectivity index (χ3v) is 5.65. The van der Waals surface area contributed by atoms with Crippen molar-refractivity contribution in [1.82, 2.24) is 0 Å². The maximum atomic E-state index is 3.70. The zero-order valence-corrected chi connectivity index (χ0v) is 11.4. The number of hydrogen-bond donors (Lipinski definition) is 0. The quantitative estimate of drug-likeness (QED) is 0.719. The highest BCUT2D eigenvalue weighted by atomic mass is 79.9. The van der Waals surface area contributed by atoms with Crippen LogP contribution in [0.4, 0.5) is 0 Å². The SMILES string of the molecule is CC1(CCc2ccccc2)CC1(Br)Br. The fourth-order valence-corrected chi connectivity index (χ4v) is 3.42. The molecule has 2 rings (SSSR count). The minimum atomic E-state index is 0.210. The van der Waals surface area contributed by atoms with Gasteiger partial charge in [0, 0.05) is 0 Å². The number of halogens is 2. The Balaban J connectivity index is 1.91. The van der Waals surface area contributed by atoms with Gasteiger partial charge in [-0.2, -0.15) is 0 Å². The Morgan fingerprint density at radius 3 is 2.29 bits per heavy atom. The summed E-state index contributed by atoms with van der Waals surface area (Å²) in [5, 5.41) is 0. The van der Waals surface area contributed by atoms with E-state index < -0.39 is 0 Å². The fraction of sp³-hybridized carbons (Fsp3) is 0.500. The zero-order chi connectivity index (χ0) is 10.2. The van der Waals surface area contributed by atoms with Crippen LogP contribution in [0.3, 0.4) is 0 Å². The molecule has 0 nitrogen and oxygen atoms in total. The highest BCUT2D eigenvalue weighted by Gasteiger charge is 2.60. The molecule has 1 unspecified atom stereocenters. The van der Waals surface area contributed by atoms with Gasteiger partial charge in [0.15, 0.2) is 0 Å². The normalized spacial score (nSPS) is 28.8. The Labute approximate surface area is 102 Å². The summed E-state index contributed by atoms with van der Waals surface area (Å²) in [7, 11) is 0. The molecular weight excluding hydrogens is 304 g/mol. The molecule has 1 aliphatic carbocycles. The second-order valence-corrected chi connectivity index (χ2v) is 8.20. The van der Waals surface area contributed by atoms with Crippen LogP contribution >= 0.6 is 31.9 Å². The Morgan fingerprint density at radius 1 is 1.21 bits per heavy atom. The van der Waals surface area contributed by atoms with Gasteiger partial charge in [0.05, 0.1) is 3.23 Å². The summed E-state index contributed by atoms with van der Waals surface area (Å²) in [4.78, 5) is 0. The van der Waals surface area contributed by atoms with Gasteiger partial charge in [-0.15, -0.1) is 0 Å². The van der Waals surface area contributed by atoms with Crippen LogP contribution in [0.2, 0.25) is 0 Å². The van der Waals surface area contributed by atoms with Gasteiger partial charge in [0.25, 0.3) is 0 Å². The van der Waals surface area contributed by atoms with Gasteiger partial charge in [0.2, 0.25) is 0 Å². The maximum absolute atomic E-state index is 3.70. The third kappa shape index (κ3) is 2.06. The topological polar surface area (TPSA) is 0 Å². The van der Waals surface area contributed by atoms with Crippen LogP contribution in [0.5, 0.6) is 0 Å². The minimum absolute atomic E-state index is 0.210. The van der Waals surface area contributed by atoms with Crippen LogP contribution in [0.25, 0.3) is 0 Å². The summed E-state index contributed by atoms with van der Waals surface area (Å²) in [5.74, 6) is 0. The molecule has 1 fully saturated rings. The number of hydrogen-bond acceptors (Lipinski definition) is 0. The predicted molar refractivity (Wildman–Crippen MR) is 68.1 cm³/mol. The molecule has 0 saturated heterocycles. The van der Waals surface area contributed by atoms with Crippen LogP contribution in [0.15, 0.2) is 30.3 Å². The molecule has 0 N–H and O–H groups in total. The maximum Gasteiger partial charge on any atom is 0.0865 e. The molecule has 0 aliphatic heterocycles. The summed E-state index contributed by atoms with van der Waals surface area (Å²) in [5.41, 5.74) is 1.87. The smallest absolute Gasteiger partial charge is 0.0721 e. The van der Waals surface area contributed by atoms with E-state index in [1.807, 2.05) is 0 Å². The number of aryl methyl sites for hydroxylation is 1. The predicted octanol–water partition coefficient (Wildman–Crippen LogP) is 4.52. The summed E-state index contributed by atoms with van der Waals surface area (Å²) < 4.78 is 0.210. The average molecular weight is 318 g/mol. The standard InChI is InChI=1S/C12H14Br2/c1-11(9-12(11,13)14)8-7-10-5-3-2-4-6-10/h2-6H,7-9H2,1H3. The van der Waals surface area contributed by atoms with Crippen molar-refractivity contribution in [2.45, 2.75) is 29.4 Å². The van der Waals surface area contributed by atoms with Crippen molar-refractivity contribution in [2.24, 2.45) is 5.41 Å². The average Bonchev–Trinajstić information content (AvgIpc) is 2.65. The molecule has 1 aliphatic rings. The first-order valence-electron chi connectivity index (χ1n) is 4.95. The zero-order valence-electron chi connectivity index (χ0n) is 8.26. The highest BCUT2D eigenvalue weighted by molar-refractivity contribution is 9.25. The van der Waals surface area contributed by atoms with E-state index in [0.29, 0.717) is 5.41 Å². The Morgan fingerprint density at radius 2 is 1.79 bits per heavy atom. The molecule has 0 aromatic heterocycles. The molecular formula is C12H14Br2. The molecule has 1 aromatic rings. The Bertz CT molecular complexity index is 318. The van der Waals surface area contributed by atoms with Crippen molar-refractivity contribution >= 4 is 31.9 Å². The molecule has 0 amide bonds. The molecule has 1 atom stereocenters. The number of benzene rings is 1. The Hall–Kier alpha value is 0.180. The fourth-order valence-electron chi connectivity index (χ4n) is 1.78. The summed E-state index contributed by atoms with van der Waals surface area (Å²) >= 11 is 7.40. The molecule has 76 valence electrons. The second kappa shape index (κ2) is 3.64. The summed E-state index contributed by atoms with van der Waals surface area (Å²) in [6.07, 6.45) is 3.65. The van der Waals surface area contributed by atoms with E-state index in [0.717, 1.165) is 0 Å². The lowest BCUT2D eigenvalue weighted by Crippen LogP contribution is -2.04. The van der Waals surface area contributed by atoms with E-state index in [2.05, 4.69) is 69.1 Å². The Kier molecular flexibility index (Phi) is 2.78. The van der Waals surface area contributed by atoms with Crippen LogP contribution in [0, 0.1) is 5.41 Å². The first-order valence-corrected chi connectivity index (χ1v) is 6.54. The lowest BCUT2D eigenvalue weighted by Gasteiger charge is -2.11. The van der Waals surface area contributed by atoms with Gasteiger partial charge in [-0.1, -0.05) is 69.1 Å². The first kappa shape index (κ1) is 10.7. The van der Waals surface area contributed by atoms with Crippen LogP contribution in [-0.2, 0) is 6.42 Å². The molecule has 1 saturated carbocycles. The monoisotopic (exact) mass is 316 g/mol. The van der Waals surface area contributed by atoms with E-state index >= 15 is 0 Å². The van der Waals surface area contributed by atoms with Crippen molar-refractivity contribution < 1.29 is 0 Å². The van der Waals surface area contributed by atoms with Crippen molar-refractivity contribution in [3.05, 3.63) is 35.9 Å². The highest BCUT2D eigenvalue weighted by Crippen LogP contribution is 2.68. The number of rotatable bonds is 3. The minimum Gasteiger partial charge on any atom is -0.0721 e. The first-order chi connectivity index (χ1) is 6.54. The molecule has 1 aromatic carbocycles. The van der Waals surface area contributed by atoms with E-state index in [1.165, 1.54) is 24.8 Å². The van der Waals surface area contributed by atoms with Gasteiger partial charge in [-0.3, -0.25) is 0 Å².